The van der Waals surface area contributed by atoms with Gasteiger partial charge in [-0.2, -0.15) is 0 Å². The largest absolute Gasteiger partial charge is 0.399 e. The second kappa shape index (κ2) is 5.27. The van der Waals surface area contributed by atoms with E-state index in [9.17, 15) is 0 Å². The molecule has 17 heavy (non-hydrogen) atoms. The molecule has 0 aliphatic heterocycles. The van der Waals surface area contributed by atoms with Crippen molar-refractivity contribution in [3.8, 4) is 0 Å². The number of nitrogen functional groups attached to an aromatic ring is 1. The summed E-state index contributed by atoms with van der Waals surface area (Å²) in [5.74, 6) is 0. The summed E-state index contributed by atoms with van der Waals surface area (Å²) in [7, 11) is 0. The maximum absolute atomic E-state index is 5.74. The number of thiophene rings is 1. The van der Waals surface area contributed by atoms with Crippen molar-refractivity contribution in [2.24, 2.45) is 0 Å². The topological polar surface area (TPSA) is 38.0 Å². The van der Waals surface area contributed by atoms with Crippen LogP contribution in [0.25, 0.3) is 0 Å². The highest BCUT2D eigenvalue weighted by Gasteiger charge is 2.09. The zero-order valence-corrected chi connectivity index (χ0v) is 12.8. The van der Waals surface area contributed by atoms with Crippen LogP contribution in [0.2, 0.25) is 0 Å². The Balaban J connectivity index is 2.15. The van der Waals surface area contributed by atoms with Crippen LogP contribution in [-0.4, -0.2) is 0 Å². The first-order valence-electron chi connectivity index (χ1n) is 5.44. The summed E-state index contributed by atoms with van der Waals surface area (Å²) < 4.78 is 1.16. The molecule has 1 aromatic carbocycles. The number of halogens is 1. The summed E-state index contributed by atoms with van der Waals surface area (Å²) in [6, 6.07) is 10.6. The number of benzene rings is 1. The molecule has 0 aliphatic carbocycles. The van der Waals surface area contributed by atoms with E-state index in [1.165, 1.54) is 9.75 Å². The van der Waals surface area contributed by atoms with Crippen LogP contribution in [0.15, 0.2) is 30.3 Å². The fourth-order valence-electron chi connectivity index (χ4n) is 1.64. The lowest BCUT2D eigenvalue weighted by Gasteiger charge is -2.15. The van der Waals surface area contributed by atoms with Crippen LogP contribution in [0.1, 0.15) is 22.7 Å². The minimum atomic E-state index is 0.325. The molecule has 0 radical (unpaired) electrons. The molecule has 0 amide bonds. The van der Waals surface area contributed by atoms with Gasteiger partial charge < -0.3 is 11.1 Å². The van der Waals surface area contributed by atoms with Gasteiger partial charge >= 0.3 is 0 Å². The third-order valence-corrected chi connectivity index (χ3v) is 4.63. The summed E-state index contributed by atoms with van der Waals surface area (Å²) in [4.78, 5) is 2.70. The monoisotopic (exact) mass is 358 g/mol. The molecule has 1 atom stereocenters. The average molecular weight is 358 g/mol. The molecule has 0 saturated carbocycles. The summed E-state index contributed by atoms with van der Waals surface area (Å²) >= 11 is 4.14. The predicted molar refractivity (Wildman–Crippen MR) is 84.7 cm³/mol. The highest BCUT2D eigenvalue weighted by Crippen LogP contribution is 2.28. The summed E-state index contributed by atoms with van der Waals surface area (Å²) in [6.07, 6.45) is 0. The van der Waals surface area contributed by atoms with Crippen molar-refractivity contribution in [1.29, 1.82) is 0 Å². The number of hydrogen-bond donors (Lipinski definition) is 2. The van der Waals surface area contributed by atoms with Crippen molar-refractivity contribution in [3.05, 3.63) is 43.7 Å². The van der Waals surface area contributed by atoms with Gasteiger partial charge in [0.25, 0.3) is 0 Å². The second-order valence-electron chi connectivity index (χ2n) is 4.05. The van der Waals surface area contributed by atoms with Crippen molar-refractivity contribution in [2.75, 3.05) is 11.1 Å². The number of rotatable bonds is 3. The van der Waals surface area contributed by atoms with E-state index in [1.807, 2.05) is 29.5 Å². The first kappa shape index (κ1) is 12.7. The second-order valence-corrected chi connectivity index (χ2v) is 6.54. The van der Waals surface area contributed by atoms with Crippen LogP contribution in [0.5, 0.6) is 0 Å². The number of anilines is 2. The molecule has 2 aromatic rings. The smallest absolute Gasteiger partial charge is 0.0578 e. The molecule has 0 spiro atoms. The third-order valence-electron chi connectivity index (χ3n) is 2.55. The number of nitrogens with two attached hydrogens (primary N) is 1. The Hall–Kier alpha value is -0.750. The average Bonchev–Trinajstić information content (AvgIpc) is 2.69. The van der Waals surface area contributed by atoms with Gasteiger partial charge in [0.1, 0.15) is 0 Å². The lowest BCUT2D eigenvalue weighted by atomic mass is 10.2. The number of nitrogens with one attached hydrogen (secondary N) is 1. The van der Waals surface area contributed by atoms with E-state index in [4.69, 9.17) is 5.73 Å². The molecule has 2 rings (SSSR count). The molecule has 90 valence electrons. The van der Waals surface area contributed by atoms with E-state index in [1.54, 1.807) is 0 Å². The molecule has 3 N–H and O–H groups in total. The van der Waals surface area contributed by atoms with Gasteiger partial charge in [-0.05, 0) is 66.8 Å². The van der Waals surface area contributed by atoms with Gasteiger partial charge in [0.2, 0.25) is 0 Å². The molecule has 0 bridgehead atoms. The fraction of sp³-hybridized carbons (Fsp3) is 0.231. The Kier molecular flexibility index (Phi) is 3.93. The van der Waals surface area contributed by atoms with Gasteiger partial charge in [-0.3, -0.25) is 0 Å². The normalized spacial score (nSPS) is 12.4. The fourth-order valence-corrected chi connectivity index (χ4v) is 3.21. The van der Waals surface area contributed by atoms with Crippen LogP contribution in [-0.2, 0) is 0 Å². The van der Waals surface area contributed by atoms with Gasteiger partial charge in [0, 0.05) is 24.7 Å². The highest BCUT2D eigenvalue weighted by molar-refractivity contribution is 14.1. The van der Waals surface area contributed by atoms with Crippen LogP contribution >= 0.6 is 33.9 Å². The molecular formula is C13H15IN2S. The standard InChI is InChI=1S/C13H15IN2S/c1-8-3-6-13(17-8)9(2)16-12-5-4-10(15)7-11(12)14/h3-7,9,16H,15H2,1-2H3. The zero-order chi connectivity index (χ0) is 12.4. The van der Waals surface area contributed by atoms with Gasteiger partial charge in [-0.25, -0.2) is 0 Å². The molecule has 4 heteroatoms. The molecule has 0 fully saturated rings. The Morgan fingerprint density at radius 1 is 1.29 bits per heavy atom. The summed E-state index contributed by atoms with van der Waals surface area (Å²) in [6.45, 7) is 4.31. The lowest BCUT2D eigenvalue weighted by molar-refractivity contribution is 0.907. The number of hydrogen-bond acceptors (Lipinski definition) is 3. The Morgan fingerprint density at radius 3 is 2.65 bits per heavy atom. The highest BCUT2D eigenvalue weighted by atomic mass is 127. The minimum Gasteiger partial charge on any atom is -0.399 e. The van der Waals surface area contributed by atoms with E-state index in [0.717, 1.165) is 14.9 Å². The van der Waals surface area contributed by atoms with Crippen LogP contribution in [0.4, 0.5) is 11.4 Å². The Bertz CT molecular complexity index is 522. The quantitative estimate of drug-likeness (QED) is 0.630. The molecule has 1 heterocycles. The molecule has 0 aliphatic rings. The molecule has 2 nitrogen and oxygen atoms in total. The predicted octanol–water partition coefficient (Wildman–Crippen LogP) is 4.42. The van der Waals surface area contributed by atoms with Crippen molar-refractivity contribution in [2.45, 2.75) is 19.9 Å². The Morgan fingerprint density at radius 2 is 2.06 bits per heavy atom. The summed E-state index contributed by atoms with van der Waals surface area (Å²) in [5.41, 5.74) is 7.68. The minimum absolute atomic E-state index is 0.325. The van der Waals surface area contributed by atoms with E-state index < -0.39 is 0 Å². The van der Waals surface area contributed by atoms with E-state index in [2.05, 4.69) is 53.9 Å². The first-order chi connectivity index (χ1) is 8.06. The molecule has 1 aromatic heterocycles. The van der Waals surface area contributed by atoms with Crippen molar-refractivity contribution >= 4 is 45.3 Å². The third kappa shape index (κ3) is 3.13. The SMILES string of the molecule is Cc1ccc(C(C)Nc2ccc(N)cc2I)s1. The molecular weight excluding hydrogens is 343 g/mol. The van der Waals surface area contributed by atoms with E-state index in [-0.39, 0.29) is 0 Å². The number of aryl methyl sites for hydroxylation is 1. The molecule has 0 saturated heterocycles. The van der Waals surface area contributed by atoms with Gasteiger partial charge in [0.15, 0.2) is 0 Å². The molecule has 1 unspecified atom stereocenters. The first-order valence-corrected chi connectivity index (χ1v) is 7.33. The van der Waals surface area contributed by atoms with Gasteiger partial charge in [0.05, 0.1) is 6.04 Å². The maximum atomic E-state index is 5.74. The lowest BCUT2D eigenvalue weighted by Crippen LogP contribution is -2.06. The van der Waals surface area contributed by atoms with E-state index >= 15 is 0 Å². The van der Waals surface area contributed by atoms with Crippen molar-refractivity contribution in [1.82, 2.24) is 0 Å². The van der Waals surface area contributed by atoms with Gasteiger partial charge in [-0.1, -0.05) is 0 Å². The maximum Gasteiger partial charge on any atom is 0.0578 e. The Labute approximate surface area is 119 Å². The van der Waals surface area contributed by atoms with Crippen molar-refractivity contribution in [3.63, 3.8) is 0 Å². The van der Waals surface area contributed by atoms with Crippen molar-refractivity contribution < 1.29 is 0 Å². The van der Waals surface area contributed by atoms with Crippen LogP contribution < -0.4 is 11.1 Å². The van der Waals surface area contributed by atoms with Gasteiger partial charge in [-0.15, -0.1) is 11.3 Å². The van der Waals surface area contributed by atoms with Crippen LogP contribution in [0.3, 0.4) is 0 Å². The summed E-state index contributed by atoms with van der Waals surface area (Å²) in [5, 5.41) is 3.51. The van der Waals surface area contributed by atoms with Crippen LogP contribution in [0, 0.1) is 10.5 Å². The zero-order valence-electron chi connectivity index (χ0n) is 9.83. The van der Waals surface area contributed by atoms with E-state index in [0.29, 0.717) is 6.04 Å².